The molecule has 0 bridgehead atoms. The zero-order valence-corrected chi connectivity index (χ0v) is 63.1. The largest absolute Gasteiger partial charge is 0.394 e. The van der Waals surface area contributed by atoms with Crippen molar-refractivity contribution >= 4 is 5.91 Å². The Labute approximate surface area is 611 Å². The van der Waals surface area contributed by atoms with Crippen LogP contribution in [0, 0.1) is 0 Å². The fraction of sp³-hybridized carbons (Fsp3) is 0.866. The summed E-state index contributed by atoms with van der Waals surface area (Å²) in [5.41, 5.74) is 0. The molecule has 0 radical (unpaired) electrons. The molecule has 19 heteroatoms. The Morgan fingerprint density at radius 3 is 1.07 bits per heavy atom. The number of ether oxygens (including phenoxy) is 6. The summed E-state index contributed by atoms with van der Waals surface area (Å²) in [6.45, 7) is 1.67. The summed E-state index contributed by atoms with van der Waals surface area (Å²) in [6.07, 6.45) is 53.5. The third-order valence-electron chi connectivity index (χ3n) is 20.3. The predicted molar refractivity (Wildman–Crippen MR) is 402 cm³/mol. The van der Waals surface area contributed by atoms with Crippen LogP contribution in [0.3, 0.4) is 0 Å². The first-order valence-corrected chi connectivity index (χ1v) is 41.0. The number of hydrogen-bond donors (Lipinski definition) is 12. The Balaban J connectivity index is 1.36. The van der Waals surface area contributed by atoms with Crippen LogP contribution in [0.1, 0.15) is 322 Å². The lowest BCUT2D eigenvalue weighted by molar-refractivity contribution is -0.379. The SMILES string of the molecule is CC/C=C\C/C=C\C/C=C\C/C=C\CCCCCCCCCCCCCCCCCCCCC(=O)NC(COC1OC(CO)C(OC2OC(CO)C(OC3OC(CO)C(O)C(O)C3O)C(O)C2O)C(O)C1O)C(O)/C=C/CCCCCCCCCCCCCCCCCCCCCCCCC. The van der Waals surface area contributed by atoms with E-state index in [0.717, 1.165) is 70.6 Å². The smallest absolute Gasteiger partial charge is 0.220 e. The number of unbranched alkanes of at least 4 members (excludes halogenated alkanes) is 41. The zero-order valence-electron chi connectivity index (χ0n) is 63.1. The molecule has 0 aliphatic carbocycles. The van der Waals surface area contributed by atoms with Crippen LogP contribution >= 0.6 is 0 Å². The number of nitrogens with one attached hydrogen (secondary N) is 1. The van der Waals surface area contributed by atoms with Gasteiger partial charge < -0.3 is 89.9 Å². The van der Waals surface area contributed by atoms with E-state index in [-0.39, 0.29) is 18.9 Å². The molecular weight excluding hydrogens is 1290 g/mol. The molecule has 3 aliphatic rings. The van der Waals surface area contributed by atoms with Crippen LogP contribution in [0.2, 0.25) is 0 Å². The molecule has 3 heterocycles. The van der Waals surface area contributed by atoms with Crippen molar-refractivity contribution in [3.05, 3.63) is 60.8 Å². The monoisotopic (exact) mass is 1440 g/mol. The molecule has 1 amide bonds. The van der Waals surface area contributed by atoms with Crippen LogP contribution in [0.4, 0.5) is 0 Å². The van der Waals surface area contributed by atoms with Crippen molar-refractivity contribution in [3.8, 4) is 0 Å². The fourth-order valence-electron chi connectivity index (χ4n) is 13.8. The second-order valence-corrected chi connectivity index (χ2v) is 29.2. The first kappa shape index (κ1) is 92.7. The van der Waals surface area contributed by atoms with Crippen LogP contribution in [-0.4, -0.2) is 193 Å². The Hall–Kier alpha value is -2.51. The molecule has 0 saturated carbocycles. The fourth-order valence-corrected chi connectivity index (χ4v) is 13.8. The van der Waals surface area contributed by atoms with Gasteiger partial charge in [-0.15, -0.1) is 0 Å². The van der Waals surface area contributed by atoms with Crippen LogP contribution in [0.25, 0.3) is 0 Å². The summed E-state index contributed by atoms with van der Waals surface area (Å²) in [5.74, 6) is -0.271. The molecule has 17 unspecified atom stereocenters. The Bertz CT molecular complexity index is 2060. The molecule has 3 fully saturated rings. The van der Waals surface area contributed by atoms with E-state index in [1.807, 2.05) is 6.08 Å². The van der Waals surface area contributed by atoms with Gasteiger partial charge in [-0.05, 0) is 57.8 Å². The summed E-state index contributed by atoms with van der Waals surface area (Å²) >= 11 is 0. The molecule has 0 spiro atoms. The minimum Gasteiger partial charge on any atom is -0.394 e. The van der Waals surface area contributed by atoms with E-state index in [1.165, 1.54) is 225 Å². The van der Waals surface area contributed by atoms with Gasteiger partial charge in [-0.25, -0.2) is 0 Å². The van der Waals surface area contributed by atoms with E-state index in [2.05, 4.69) is 67.8 Å². The highest BCUT2D eigenvalue weighted by molar-refractivity contribution is 5.76. The maximum atomic E-state index is 13.5. The topological polar surface area (TPSA) is 307 Å². The van der Waals surface area contributed by atoms with E-state index in [0.29, 0.717) is 6.42 Å². The third kappa shape index (κ3) is 42.6. The number of hydrogen-bond acceptors (Lipinski definition) is 18. The van der Waals surface area contributed by atoms with Gasteiger partial charge in [0.25, 0.3) is 0 Å². The Morgan fingerprint density at radius 2 is 0.683 bits per heavy atom. The van der Waals surface area contributed by atoms with E-state index < -0.39 is 124 Å². The zero-order chi connectivity index (χ0) is 73.2. The molecule has 0 aromatic heterocycles. The van der Waals surface area contributed by atoms with Gasteiger partial charge in [0, 0.05) is 6.42 Å². The lowest BCUT2D eigenvalue weighted by atomic mass is 9.96. The Morgan fingerprint density at radius 1 is 0.366 bits per heavy atom. The second kappa shape index (κ2) is 62.5. The molecule has 0 aromatic carbocycles. The summed E-state index contributed by atoms with van der Waals surface area (Å²) in [7, 11) is 0. The normalized spacial score (nSPS) is 26.6. The number of allylic oxidation sites excluding steroid dienone is 9. The summed E-state index contributed by atoms with van der Waals surface area (Å²) < 4.78 is 34.5. The average Bonchev–Trinajstić information content (AvgIpc) is 0.792. The molecule has 3 saturated heterocycles. The molecule has 17 atom stereocenters. The highest BCUT2D eigenvalue weighted by atomic mass is 16.8. The highest BCUT2D eigenvalue weighted by Crippen LogP contribution is 2.33. The van der Waals surface area contributed by atoms with Gasteiger partial charge in [-0.1, -0.05) is 319 Å². The first-order chi connectivity index (χ1) is 49.3. The second-order valence-electron chi connectivity index (χ2n) is 29.2. The highest BCUT2D eigenvalue weighted by Gasteiger charge is 2.54. The van der Waals surface area contributed by atoms with Crippen LogP contribution in [-0.2, 0) is 33.2 Å². The molecule has 19 nitrogen and oxygen atoms in total. The Kier molecular flexibility index (Phi) is 57.4. The van der Waals surface area contributed by atoms with Gasteiger partial charge in [0.05, 0.1) is 38.6 Å². The van der Waals surface area contributed by atoms with Crippen LogP contribution in [0.5, 0.6) is 0 Å². The lowest BCUT2D eigenvalue weighted by Gasteiger charge is -2.48. The predicted octanol–water partition coefficient (Wildman–Crippen LogP) is 13.8. The summed E-state index contributed by atoms with van der Waals surface area (Å²) in [4.78, 5) is 13.5. The van der Waals surface area contributed by atoms with Crippen LogP contribution < -0.4 is 5.32 Å². The maximum Gasteiger partial charge on any atom is 0.220 e. The van der Waals surface area contributed by atoms with Gasteiger partial charge in [-0.3, -0.25) is 4.79 Å². The average molecular weight is 1440 g/mol. The van der Waals surface area contributed by atoms with E-state index in [4.69, 9.17) is 28.4 Å². The summed E-state index contributed by atoms with van der Waals surface area (Å²) in [6, 6.07) is -0.975. The number of carbonyl (C=O) groups is 1. The lowest BCUT2D eigenvalue weighted by Crippen LogP contribution is -2.66. The van der Waals surface area contributed by atoms with E-state index >= 15 is 0 Å². The van der Waals surface area contributed by atoms with Crippen molar-refractivity contribution in [1.29, 1.82) is 0 Å². The standard InChI is InChI=1S/C82H149NO18/c1-3-5-7-9-11-13-15-17-19-21-23-25-27-29-30-31-32-33-34-36-38-40-42-44-46-48-50-52-54-56-58-60-70(88)83-65(66(87)59-57-55-53-51-49-47-45-43-41-39-37-35-28-26-24-22-20-18-16-14-12-10-8-6-4-2)64-96-80-76(94)73(91)78(68(62-85)98-80)101-82-77(95)74(92)79(69(63-86)99-82)100-81-75(93)72(90)71(89)67(61-84)97-81/h5,7,11,13,17,19,23,25,57,59,65-69,71-82,84-87,89-95H,3-4,6,8-10,12,14-16,18,20-22,24,26-56,58,60-64H2,1-2H3,(H,83,88)/b7-5-,13-11-,19-17-,25-23-,59-57+. The van der Waals surface area contributed by atoms with Gasteiger partial charge in [-0.2, -0.15) is 0 Å². The van der Waals surface area contributed by atoms with E-state index in [1.54, 1.807) is 6.08 Å². The molecule has 101 heavy (non-hydrogen) atoms. The van der Waals surface area contributed by atoms with Gasteiger partial charge in [0.1, 0.15) is 73.2 Å². The van der Waals surface area contributed by atoms with Gasteiger partial charge in [0.15, 0.2) is 18.9 Å². The minimum absolute atomic E-state index is 0.244. The number of aliphatic hydroxyl groups is 11. The number of carbonyl (C=O) groups excluding carboxylic acids is 1. The first-order valence-electron chi connectivity index (χ1n) is 41.0. The molecule has 3 rings (SSSR count). The van der Waals surface area contributed by atoms with Crippen molar-refractivity contribution in [2.45, 2.75) is 426 Å². The molecular formula is C82H149NO18. The minimum atomic E-state index is -1.98. The van der Waals surface area contributed by atoms with Crippen molar-refractivity contribution in [2.24, 2.45) is 0 Å². The van der Waals surface area contributed by atoms with Crippen molar-refractivity contribution < 1.29 is 89.4 Å². The number of amides is 1. The van der Waals surface area contributed by atoms with Crippen LogP contribution in [0.15, 0.2) is 60.8 Å². The van der Waals surface area contributed by atoms with Crippen molar-refractivity contribution in [3.63, 3.8) is 0 Å². The molecule has 590 valence electrons. The maximum absolute atomic E-state index is 13.5. The quantitative estimate of drug-likeness (QED) is 0.0199. The number of rotatable bonds is 65. The third-order valence-corrected chi connectivity index (χ3v) is 20.3. The van der Waals surface area contributed by atoms with Crippen molar-refractivity contribution in [1.82, 2.24) is 5.32 Å². The van der Waals surface area contributed by atoms with Crippen molar-refractivity contribution in [2.75, 3.05) is 26.4 Å². The molecule has 12 N–H and O–H groups in total. The van der Waals surface area contributed by atoms with E-state index in [9.17, 15) is 61.0 Å². The summed E-state index contributed by atoms with van der Waals surface area (Å²) in [5, 5.41) is 121. The number of aliphatic hydroxyl groups excluding tert-OH is 11. The van der Waals surface area contributed by atoms with Gasteiger partial charge in [0.2, 0.25) is 5.91 Å². The molecule has 3 aliphatic heterocycles. The van der Waals surface area contributed by atoms with Gasteiger partial charge >= 0.3 is 0 Å². The molecule has 0 aromatic rings.